The van der Waals surface area contributed by atoms with Gasteiger partial charge >= 0.3 is 11.1 Å². The number of thiophene rings is 1. The van der Waals surface area contributed by atoms with Crippen LogP contribution in [-0.2, 0) is 25.6 Å². The normalized spacial score (nSPS) is 20.5. The zero-order valence-corrected chi connectivity index (χ0v) is 16.8. The maximum atomic E-state index is 12.8. The Morgan fingerprint density at radius 3 is 2.72 bits per heavy atom. The van der Waals surface area contributed by atoms with Gasteiger partial charge in [0.1, 0.15) is 11.5 Å². The molecule has 10 heteroatoms. The van der Waals surface area contributed by atoms with Gasteiger partial charge in [-0.1, -0.05) is 6.07 Å². The van der Waals surface area contributed by atoms with Gasteiger partial charge in [0.25, 0.3) is 5.91 Å². The van der Waals surface area contributed by atoms with Gasteiger partial charge in [0, 0.05) is 37.8 Å². The molecule has 0 N–H and O–H groups in total. The maximum Gasteiger partial charge on any atom is 0.332 e. The van der Waals surface area contributed by atoms with Gasteiger partial charge in [-0.2, -0.15) is 10.2 Å². The SMILES string of the molecule is Cn1ccc(C(=O)N2CCC3(CCn4c3nn(Cc3cccs3)c(=O)c4=O)C2)n1. The van der Waals surface area contributed by atoms with E-state index in [1.54, 1.807) is 28.9 Å². The molecule has 5 rings (SSSR count). The Labute approximate surface area is 169 Å². The lowest BCUT2D eigenvalue weighted by molar-refractivity contribution is 0.0776. The molecular formula is C19H20N6O3S. The Hall–Kier alpha value is -3.01. The van der Waals surface area contributed by atoms with Crippen LogP contribution in [0.1, 0.15) is 34.0 Å². The number of amides is 1. The third-order valence-electron chi connectivity index (χ3n) is 5.88. The van der Waals surface area contributed by atoms with Crippen LogP contribution >= 0.6 is 11.3 Å². The summed E-state index contributed by atoms with van der Waals surface area (Å²) >= 11 is 1.52. The smallest absolute Gasteiger partial charge is 0.332 e. The van der Waals surface area contributed by atoms with E-state index >= 15 is 0 Å². The summed E-state index contributed by atoms with van der Waals surface area (Å²) in [5.41, 5.74) is -1.11. The molecule has 2 aliphatic heterocycles. The Kier molecular flexibility index (Phi) is 4.05. The molecule has 1 fully saturated rings. The number of carbonyl (C=O) groups is 1. The fourth-order valence-corrected chi connectivity index (χ4v) is 5.04. The van der Waals surface area contributed by atoms with Crippen molar-refractivity contribution < 1.29 is 4.79 Å². The van der Waals surface area contributed by atoms with E-state index in [4.69, 9.17) is 0 Å². The predicted octanol–water partition coefficient (Wildman–Crippen LogP) is 0.436. The standard InChI is InChI=1S/C19H20N6O3S/c1-22-7-4-14(20-22)15(26)23-8-5-19(12-23)6-9-24-16(27)17(28)25(21-18(19)24)11-13-3-2-10-29-13/h2-4,7,10H,5-6,8-9,11-12H2,1H3. The minimum atomic E-state index is -0.599. The number of fused-ring (bicyclic) bond motifs is 2. The van der Waals surface area contributed by atoms with Gasteiger partial charge in [0.05, 0.1) is 12.0 Å². The van der Waals surface area contributed by atoms with E-state index in [-0.39, 0.29) is 12.5 Å². The van der Waals surface area contributed by atoms with E-state index in [1.807, 2.05) is 17.5 Å². The van der Waals surface area contributed by atoms with Gasteiger partial charge in [0.15, 0.2) is 0 Å². The second-order valence-corrected chi connectivity index (χ2v) is 8.74. The molecule has 2 aliphatic rings. The summed E-state index contributed by atoms with van der Waals surface area (Å²) in [6.07, 6.45) is 3.16. The molecular weight excluding hydrogens is 392 g/mol. The van der Waals surface area contributed by atoms with Crippen molar-refractivity contribution in [2.24, 2.45) is 7.05 Å². The molecule has 0 aromatic carbocycles. The van der Waals surface area contributed by atoms with Gasteiger partial charge in [-0.05, 0) is 30.4 Å². The lowest BCUT2D eigenvalue weighted by Crippen LogP contribution is -2.45. The molecule has 1 amide bonds. The first kappa shape index (κ1) is 18.0. The van der Waals surface area contributed by atoms with Crippen molar-refractivity contribution in [2.75, 3.05) is 13.1 Å². The van der Waals surface area contributed by atoms with Crippen molar-refractivity contribution in [3.05, 3.63) is 66.9 Å². The van der Waals surface area contributed by atoms with Crippen LogP contribution in [0.3, 0.4) is 0 Å². The van der Waals surface area contributed by atoms with Crippen LogP contribution in [0.15, 0.2) is 39.4 Å². The van der Waals surface area contributed by atoms with E-state index in [1.165, 1.54) is 20.6 Å². The van der Waals surface area contributed by atoms with Crippen LogP contribution in [0, 0.1) is 0 Å². The summed E-state index contributed by atoms with van der Waals surface area (Å²) in [5.74, 6) is 0.505. The first-order chi connectivity index (χ1) is 14.0. The van der Waals surface area contributed by atoms with Gasteiger partial charge in [-0.15, -0.1) is 11.3 Å². The van der Waals surface area contributed by atoms with Crippen molar-refractivity contribution in [2.45, 2.75) is 31.3 Å². The summed E-state index contributed by atoms with van der Waals surface area (Å²) in [5, 5.41) is 10.7. The number of nitrogens with zero attached hydrogens (tertiary/aromatic N) is 6. The lowest BCUT2D eigenvalue weighted by Gasteiger charge is -2.23. The van der Waals surface area contributed by atoms with Crippen LogP contribution in [0.2, 0.25) is 0 Å². The molecule has 0 saturated carbocycles. The van der Waals surface area contributed by atoms with E-state index in [0.717, 1.165) is 11.3 Å². The van der Waals surface area contributed by atoms with Crippen molar-refractivity contribution in [1.82, 2.24) is 29.0 Å². The number of rotatable bonds is 3. The second-order valence-electron chi connectivity index (χ2n) is 7.70. The van der Waals surface area contributed by atoms with E-state index in [2.05, 4.69) is 10.2 Å². The Morgan fingerprint density at radius 1 is 1.17 bits per heavy atom. The molecule has 3 aromatic rings. The van der Waals surface area contributed by atoms with Crippen molar-refractivity contribution in [1.29, 1.82) is 0 Å². The average Bonchev–Trinajstić information content (AvgIpc) is 3.49. The molecule has 3 aromatic heterocycles. The van der Waals surface area contributed by atoms with Gasteiger partial charge in [0.2, 0.25) is 0 Å². The topological polar surface area (TPSA) is 95.0 Å². The molecule has 1 saturated heterocycles. The van der Waals surface area contributed by atoms with Gasteiger partial charge in [-0.25, -0.2) is 4.68 Å². The summed E-state index contributed by atoms with van der Waals surface area (Å²) in [7, 11) is 1.78. The second kappa shape index (κ2) is 6.51. The molecule has 1 unspecified atom stereocenters. The van der Waals surface area contributed by atoms with Gasteiger partial charge < -0.3 is 4.90 Å². The van der Waals surface area contributed by atoms with Crippen LogP contribution in [0.25, 0.3) is 0 Å². The monoisotopic (exact) mass is 412 g/mol. The number of carbonyl (C=O) groups excluding carboxylic acids is 1. The number of aryl methyl sites for hydroxylation is 1. The zero-order valence-electron chi connectivity index (χ0n) is 15.9. The van der Waals surface area contributed by atoms with Crippen molar-refractivity contribution >= 4 is 17.2 Å². The fourth-order valence-electron chi connectivity index (χ4n) is 4.35. The minimum absolute atomic E-state index is 0.116. The predicted molar refractivity (Wildman–Crippen MR) is 106 cm³/mol. The first-order valence-corrected chi connectivity index (χ1v) is 10.4. The van der Waals surface area contributed by atoms with Crippen LogP contribution < -0.4 is 11.1 Å². The molecule has 1 atom stereocenters. The minimum Gasteiger partial charge on any atom is -0.336 e. The number of hydrogen-bond donors (Lipinski definition) is 0. The summed E-state index contributed by atoms with van der Waals surface area (Å²) in [6, 6.07) is 5.53. The highest BCUT2D eigenvalue weighted by atomic mass is 32.1. The zero-order chi connectivity index (χ0) is 20.2. The average molecular weight is 412 g/mol. The maximum absolute atomic E-state index is 12.8. The van der Waals surface area contributed by atoms with Crippen LogP contribution in [-0.4, -0.2) is 48.0 Å². The van der Waals surface area contributed by atoms with Crippen molar-refractivity contribution in [3.8, 4) is 0 Å². The first-order valence-electron chi connectivity index (χ1n) is 9.51. The molecule has 5 heterocycles. The van der Waals surface area contributed by atoms with E-state index in [9.17, 15) is 14.4 Å². The summed E-state index contributed by atoms with van der Waals surface area (Å²) in [4.78, 5) is 40.8. The Morgan fingerprint density at radius 2 is 2.00 bits per heavy atom. The Balaban J connectivity index is 1.49. The molecule has 1 spiro atoms. The molecule has 150 valence electrons. The van der Waals surface area contributed by atoms with Gasteiger partial charge in [-0.3, -0.25) is 23.6 Å². The molecule has 29 heavy (non-hydrogen) atoms. The largest absolute Gasteiger partial charge is 0.336 e. The van der Waals surface area contributed by atoms with Crippen LogP contribution in [0.4, 0.5) is 0 Å². The fraction of sp³-hybridized carbons (Fsp3) is 0.421. The highest BCUT2D eigenvalue weighted by molar-refractivity contribution is 7.09. The van der Waals surface area contributed by atoms with E-state index < -0.39 is 16.5 Å². The number of hydrogen-bond acceptors (Lipinski definition) is 6. The summed E-state index contributed by atoms with van der Waals surface area (Å²) in [6.45, 7) is 1.80. The molecule has 0 aliphatic carbocycles. The number of aromatic nitrogens is 5. The van der Waals surface area contributed by atoms with Crippen molar-refractivity contribution in [3.63, 3.8) is 0 Å². The van der Waals surface area contributed by atoms with E-state index in [0.29, 0.717) is 37.6 Å². The molecule has 9 nitrogen and oxygen atoms in total. The third-order valence-corrected chi connectivity index (χ3v) is 6.74. The molecule has 0 radical (unpaired) electrons. The summed E-state index contributed by atoms with van der Waals surface area (Å²) < 4.78 is 4.38. The number of likely N-dealkylation sites (tertiary alicyclic amines) is 1. The van der Waals surface area contributed by atoms with Crippen LogP contribution in [0.5, 0.6) is 0 Å². The quantitative estimate of drug-likeness (QED) is 0.582. The third kappa shape index (κ3) is 2.86. The highest BCUT2D eigenvalue weighted by Crippen LogP contribution is 2.40. The lowest BCUT2D eigenvalue weighted by atomic mass is 9.85. The molecule has 0 bridgehead atoms. The highest BCUT2D eigenvalue weighted by Gasteiger charge is 2.48. The Bertz CT molecular complexity index is 1210.